The van der Waals surface area contributed by atoms with Crippen molar-refractivity contribution in [3.8, 4) is 11.5 Å². The molecule has 1 aliphatic heterocycles. The summed E-state index contributed by atoms with van der Waals surface area (Å²) in [4.78, 5) is 28.7. The van der Waals surface area contributed by atoms with Gasteiger partial charge in [0.05, 0.1) is 18.7 Å². The zero-order chi connectivity index (χ0) is 33.9. The molecule has 244 valence electrons. The molecule has 1 aromatic heterocycles. The van der Waals surface area contributed by atoms with E-state index in [1.54, 1.807) is 55.6 Å². The monoisotopic (exact) mass is 685 g/mol. The number of Topliss-reactive ketones (excluding diaryl/α,β-unsaturated/α-hetero) is 1. The summed E-state index contributed by atoms with van der Waals surface area (Å²) in [6.07, 6.45) is 0. The summed E-state index contributed by atoms with van der Waals surface area (Å²) in [5.41, 5.74) is 4.31. The molecule has 1 aliphatic rings. The maximum atomic E-state index is 13.7. The number of nitrogens with zero attached hydrogens (tertiary/aromatic N) is 3. The fourth-order valence-corrected chi connectivity index (χ4v) is 7.72. The van der Waals surface area contributed by atoms with E-state index < -0.39 is 17.7 Å². The molecule has 1 N–H and O–H groups in total. The third kappa shape index (κ3) is 6.53. The first-order valence-electron chi connectivity index (χ1n) is 15.6. The van der Waals surface area contributed by atoms with Crippen LogP contribution in [0, 0.1) is 6.92 Å². The van der Waals surface area contributed by atoms with Gasteiger partial charge in [0.15, 0.2) is 4.34 Å². The number of hydrogen-bond acceptors (Lipinski definition) is 9. The van der Waals surface area contributed by atoms with E-state index in [2.05, 4.69) is 34.5 Å². The summed E-state index contributed by atoms with van der Waals surface area (Å²) < 4.78 is 12.0. The number of aromatic nitrogens is 2. The van der Waals surface area contributed by atoms with Gasteiger partial charge in [-0.05, 0) is 76.3 Å². The minimum atomic E-state index is -0.938. The Morgan fingerprint density at radius 2 is 1.53 bits per heavy atom. The lowest BCUT2D eigenvalue weighted by Gasteiger charge is -2.22. The molecule has 0 aliphatic carbocycles. The molecule has 1 fully saturated rings. The molecule has 49 heavy (non-hydrogen) atoms. The second-order valence-electron chi connectivity index (χ2n) is 11.5. The molecule has 1 atom stereocenters. The van der Waals surface area contributed by atoms with Crippen molar-refractivity contribution in [1.29, 1.82) is 0 Å². The van der Waals surface area contributed by atoms with E-state index in [1.807, 2.05) is 49.4 Å². The van der Waals surface area contributed by atoms with Gasteiger partial charge in [0.25, 0.3) is 5.78 Å². The van der Waals surface area contributed by atoms with Gasteiger partial charge < -0.3 is 14.6 Å². The molecular formula is C39H31N3O5S2. The molecule has 10 heteroatoms. The summed E-state index contributed by atoms with van der Waals surface area (Å²) in [5, 5.41) is 22.9. The number of thioether (sulfide) groups is 1. The Morgan fingerprint density at radius 1 is 0.837 bits per heavy atom. The van der Waals surface area contributed by atoms with Crippen LogP contribution >= 0.6 is 23.1 Å². The number of aliphatic hydroxyl groups is 1. The topological polar surface area (TPSA) is 102 Å². The SMILES string of the molecule is COc1ccc(C2C(=C(O)c3ccc(OCc4ccccc4C)cc3)C(=O)C(=O)N2c2nnc(SCc3cccc4ccccc34)s2)cc1. The third-order valence-corrected chi connectivity index (χ3v) is 10.6. The molecule has 1 saturated heterocycles. The van der Waals surface area contributed by atoms with E-state index in [9.17, 15) is 14.7 Å². The van der Waals surface area contributed by atoms with Gasteiger partial charge in [-0.1, -0.05) is 102 Å². The minimum Gasteiger partial charge on any atom is -0.507 e. The van der Waals surface area contributed by atoms with Gasteiger partial charge in [0.2, 0.25) is 5.13 Å². The summed E-state index contributed by atoms with van der Waals surface area (Å²) in [5.74, 6) is -0.0105. The molecule has 1 amide bonds. The standard InChI is InChI=1S/C39H31N3O5S2/c1-24-8-3-4-10-28(24)22-47-31-20-16-27(17-21-31)35(43)33-34(26-14-18-30(46-2)19-15-26)42(37(45)36(33)44)38-40-41-39(49-38)48-23-29-12-7-11-25-9-5-6-13-32(25)29/h3-21,34,43H,22-23H2,1-2H3. The van der Waals surface area contributed by atoms with Crippen LogP contribution < -0.4 is 14.4 Å². The first kappa shape index (κ1) is 32.1. The predicted molar refractivity (Wildman–Crippen MR) is 193 cm³/mol. The first-order valence-corrected chi connectivity index (χ1v) is 17.4. The Balaban J connectivity index is 1.18. The summed E-state index contributed by atoms with van der Waals surface area (Å²) in [7, 11) is 1.56. The molecule has 0 spiro atoms. The van der Waals surface area contributed by atoms with Gasteiger partial charge in [-0.3, -0.25) is 14.5 Å². The number of amides is 1. The Hall–Kier alpha value is -5.45. The van der Waals surface area contributed by atoms with Crippen molar-refractivity contribution >= 4 is 56.5 Å². The van der Waals surface area contributed by atoms with Gasteiger partial charge in [0, 0.05) is 11.3 Å². The van der Waals surface area contributed by atoms with Gasteiger partial charge >= 0.3 is 5.91 Å². The molecule has 5 aromatic carbocycles. The normalized spacial score (nSPS) is 15.6. The van der Waals surface area contributed by atoms with Crippen molar-refractivity contribution in [1.82, 2.24) is 10.2 Å². The lowest BCUT2D eigenvalue weighted by Crippen LogP contribution is -2.29. The number of aliphatic hydroxyl groups excluding tert-OH is 1. The number of carbonyl (C=O) groups excluding carboxylic acids is 2. The largest absolute Gasteiger partial charge is 0.507 e. The summed E-state index contributed by atoms with van der Waals surface area (Å²) in [6, 6.07) is 35.3. The quantitative estimate of drug-likeness (QED) is 0.0504. The van der Waals surface area contributed by atoms with E-state index >= 15 is 0 Å². The first-order chi connectivity index (χ1) is 23.9. The highest BCUT2D eigenvalue weighted by Crippen LogP contribution is 2.44. The number of ketones is 1. The Bertz CT molecular complexity index is 2190. The number of methoxy groups -OCH3 is 1. The maximum Gasteiger partial charge on any atom is 0.301 e. The van der Waals surface area contributed by atoms with Crippen LogP contribution in [0.25, 0.3) is 16.5 Å². The van der Waals surface area contributed by atoms with E-state index in [0.29, 0.717) is 39.3 Å². The smallest absolute Gasteiger partial charge is 0.301 e. The second kappa shape index (κ2) is 14.0. The Kier molecular flexibility index (Phi) is 9.15. The van der Waals surface area contributed by atoms with Crippen LogP contribution in [-0.4, -0.2) is 34.1 Å². The summed E-state index contributed by atoms with van der Waals surface area (Å²) in [6.45, 7) is 2.42. The highest BCUT2D eigenvalue weighted by molar-refractivity contribution is 8.00. The van der Waals surface area contributed by atoms with E-state index in [-0.39, 0.29) is 16.5 Å². The third-order valence-electron chi connectivity index (χ3n) is 8.49. The van der Waals surface area contributed by atoms with Crippen LogP contribution in [0.3, 0.4) is 0 Å². The summed E-state index contributed by atoms with van der Waals surface area (Å²) >= 11 is 2.74. The average molecular weight is 686 g/mol. The van der Waals surface area contributed by atoms with Gasteiger partial charge in [0.1, 0.15) is 23.9 Å². The Morgan fingerprint density at radius 3 is 2.31 bits per heavy atom. The Labute approximate surface area is 291 Å². The molecule has 0 saturated carbocycles. The van der Waals surface area contributed by atoms with Crippen LogP contribution in [0.2, 0.25) is 0 Å². The van der Waals surface area contributed by atoms with Crippen molar-refractivity contribution in [3.05, 3.63) is 149 Å². The number of carbonyl (C=O) groups is 2. The number of fused-ring (bicyclic) bond motifs is 1. The number of aryl methyl sites for hydroxylation is 1. The highest BCUT2D eigenvalue weighted by Gasteiger charge is 2.48. The molecule has 2 heterocycles. The van der Waals surface area contributed by atoms with Crippen molar-refractivity contribution < 1.29 is 24.2 Å². The predicted octanol–water partition coefficient (Wildman–Crippen LogP) is 8.51. The molecular weight excluding hydrogens is 655 g/mol. The van der Waals surface area contributed by atoms with Crippen molar-refractivity contribution in [2.45, 2.75) is 29.7 Å². The number of anilines is 1. The highest BCUT2D eigenvalue weighted by atomic mass is 32.2. The van der Waals surface area contributed by atoms with Crippen LogP contribution in [0.4, 0.5) is 5.13 Å². The molecule has 6 aromatic rings. The minimum absolute atomic E-state index is 0.0381. The maximum absolute atomic E-state index is 13.7. The van der Waals surface area contributed by atoms with E-state index in [4.69, 9.17) is 9.47 Å². The second-order valence-corrected chi connectivity index (χ2v) is 13.6. The van der Waals surface area contributed by atoms with Crippen molar-refractivity contribution in [2.75, 3.05) is 12.0 Å². The number of rotatable bonds is 10. The van der Waals surface area contributed by atoms with Gasteiger partial charge in [-0.25, -0.2) is 0 Å². The van der Waals surface area contributed by atoms with Crippen LogP contribution in [0.5, 0.6) is 11.5 Å². The molecule has 7 rings (SSSR count). The number of benzene rings is 5. The van der Waals surface area contributed by atoms with Gasteiger partial charge in [-0.2, -0.15) is 0 Å². The molecule has 8 nitrogen and oxygen atoms in total. The fraction of sp³-hybridized carbons (Fsp3) is 0.128. The molecule has 1 unspecified atom stereocenters. The van der Waals surface area contributed by atoms with E-state index in [1.165, 1.54) is 33.4 Å². The molecule has 0 radical (unpaired) electrons. The fourth-order valence-electron chi connectivity index (χ4n) is 5.85. The average Bonchev–Trinajstić information content (AvgIpc) is 3.71. The number of ether oxygens (including phenoxy) is 2. The van der Waals surface area contributed by atoms with Gasteiger partial charge in [-0.15, -0.1) is 10.2 Å². The van der Waals surface area contributed by atoms with Crippen LogP contribution in [-0.2, 0) is 21.9 Å². The van der Waals surface area contributed by atoms with Crippen LogP contribution in [0.15, 0.2) is 125 Å². The lowest BCUT2D eigenvalue weighted by atomic mass is 9.95. The van der Waals surface area contributed by atoms with Crippen molar-refractivity contribution in [2.24, 2.45) is 0 Å². The zero-order valence-corrected chi connectivity index (χ0v) is 28.3. The molecule has 0 bridgehead atoms. The van der Waals surface area contributed by atoms with Crippen molar-refractivity contribution in [3.63, 3.8) is 0 Å². The van der Waals surface area contributed by atoms with E-state index in [0.717, 1.165) is 22.1 Å². The zero-order valence-electron chi connectivity index (χ0n) is 26.7. The van der Waals surface area contributed by atoms with Crippen LogP contribution in [0.1, 0.15) is 33.9 Å². The lowest BCUT2D eigenvalue weighted by molar-refractivity contribution is -0.132. The number of hydrogen-bond donors (Lipinski definition) is 1.